The largest absolute Gasteiger partial charge is 0.238 e. The van der Waals surface area contributed by atoms with Gasteiger partial charge in [0.2, 0.25) is 0 Å². The molecule has 4 nitrogen and oxygen atoms in total. The molecule has 0 bridgehead atoms. The number of aromatic nitrogens is 3. The molecule has 51 heavy (non-hydrogen) atoms. The molecule has 9 rings (SSSR count). The van der Waals surface area contributed by atoms with Gasteiger partial charge in [0, 0.05) is 36.9 Å². The first-order valence-electron chi connectivity index (χ1n) is 16.7. The van der Waals surface area contributed by atoms with Gasteiger partial charge in [-0.15, -0.1) is 11.3 Å². The summed E-state index contributed by atoms with van der Waals surface area (Å²) in [4.78, 5) is 18.8. The summed E-state index contributed by atoms with van der Waals surface area (Å²) in [6.45, 7) is 7.68. The molecule has 5 heteroatoms. The summed E-state index contributed by atoms with van der Waals surface area (Å²) in [5.41, 5.74) is 9.98. The molecule has 0 amide bonds. The lowest BCUT2D eigenvalue weighted by Crippen LogP contribution is -2.00. The molecule has 7 aromatic carbocycles. The highest BCUT2D eigenvalue weighted by Gasteiger charge is 2.16. The van der Waals surface area contributed by atoms with Crippen molar-refractivity contribution < 1.29 is 0 Å². The maximum Gasteiger partial charge on any atom is 0.194 e. The van der Waals surface area contributed by atoms with Crippen LogP contribution in [0.1, 0.15) is 0 Å². The molecule has 9 aromatic rings. The molecule has 0 unspecified atom stereocenters. The Labute approximate surface area is 299 Å². The predicted molar refractivity (Wildman–Crippen MR) is 212 cm³/mol. The summed E-state index contributed by atoms with van der Waals surface area (Å²) >= 11 is 1.79. The van der Waals surface area contributed by atoms with Crippen LogP contribution < -0.4 is 0 Å². The molecule has 0 N–H and O–H groups in total. The Bertz CT molecular complexity index is 2750. The minimum atomic E-state index is 0.582. The van der Waals surface area contributed by atoms with Crippen molar-refractivity contribution in [2.24, 2.45) is 0 Å². The lowest BCUT2D eigenvalue weighted by Gasteiger charge is -2.10. The Hall–Kier alpha value is -6.74. The number of para-hydroxylation sites is 1. The zero-order chi connectivity index (χ0) is 34.1. The van der Waals surface area contributed by atoms with Crippen molar-refractivity contribution in [3.05, 3.63) is 181 Å². The van der Waals surface area contributed by atoms with Crippen LogP contribution in [-0.2, 0) is 0 Å². The Morgan fingerprint density at radius 3 is 1.67 bits per heavy atom. The third kappa shape index (κ3) is 5.74. The van der Waals surface area contributed by atoms with Crippen molar-refractivity contribution in [1.82, 2.24) is 15.0 Å². The van der Waals surface area contributed by atoms with E-state index in [1.54, 1.807) is 11.3 Å². The van der Waals surface area contributed by atoms with E-state index < -0.39 is 0 Å². The highest BCUT2D eigenvalue weighted by atomic mass is 32.1. The number of hydrogen-bond acceptors (Lipinski definition) is 4. The SMILES string of the molecule is [C-]#[N+]c1ccccc1-c1cccc(-c2nc(-c3ccccc3)nc(-c3ccc4c(c3)sc3cccc(-c5ccc(-c6ccccc6)cc5)c34)n2)c1. The molecule has 0 aliphatic carbocycles. The van der Waals surface area contributed by atoms with Crippen LogP contribution in [-0.4, -0.2) is 15.0 Å². The van der Waals surface area contributed by atoms with Gasteiger partial charge in [-0.3, -0.25) is 0 Å². The van der Waals surface area contributed by atoms with E-state index in [-0.39, 0.29) is 0 Å². The minimum absolute atomic E-state index is 0.582. The summed E-state index contributed by atoms with van der Waals surface area (Å²) in [5.74, 6) is 1.81. The van der Waals surface area contributed by atoms with Gasteiger partial charge >= 0.3 is 0 Å². The van der Waals surface area contributed by atoms with Crippen molar-refractivity contribution in [3.63, 3.8) is 0 Å². The molecule has 0 radical (unpaired) electrons. The lowest BCUT2D eigenvalue weighted by molar-refractivity contribution is 1.07. The number of rotatable bonds is 6. The van der Waals surface area contributed by atoms with Gasteiger partial charge in [0.05, 0.1) is 6.57 Å². The maximum absolute atomic E-state index is 7.68. The molecule has 2 aromatic heterocycles. The van der Waals surface area contributed by atoms with Gasteiger partial charge in [0.1, 0.15) is 0 Å². The van der Waals surface area contributed by atoms with Gasteiger partial charge in [-0.1, -0.05) is 152 Å². The quantitative estimate of drug-likeness (QED) is 0.166. The number of fused-ring (bicyclic) bond motifs is 3. The zero-order valence-electron chi connectivity index (χ0n) is 27.4. The Morgan fingerprint density at radius 2 is 0.922 bits per heavy atom. The normalized spacial score (nSPS) is 11.1. The van der Waals surface area contributed by atoms with Gasteiger partial charge in [-0.25, -0.2) is 19.8 Å². The average molecular weight is 669 g/mol. The van der Waals surface area contributed by atoms with Crippen LogP contribution in [0.5, 0.6) is 0 Å². The average Bonchev–Trinajstić information content (AvgIpc) is 3.60. The first-order valence-corrected chi connectivity index (χ1v) is 17.5. The summed E-state index contributed by atoms with van der Waals surface area (Å²) < 4.78 is 2.42. The fraction of sp³-hybridized carbons (Fsp3) is 0. The fourth-order valence-electron chi connectivity index (χ4n) is 6.67. The van der Waals surface area contributed by atoms with Gasteiger partial charge in [0.15, 0.2) is 23.2 Å². The second-order valence-corrected chi connectivity index (χ2v) is 13.4. The highest BCUT2D eigenvalue weighted by molar-refractivity contribution is 7.26. The van der Waals surface area contributed by atoms with E-state index in [1.165, 1.54) is 42.4 Å². The van der Waals surface area contributed by atoms with E-state index in [9.17, 15) is 0 Å². The molecule has 0 spiro atoms. The van der Waals surface area contributed by atoms with E-state index in [0.29, 0.717) is 23.2 Å². The molecule has 0 saturated heterocycles. The molecule has 0 aliphatic rings. The van der Waals surface area contributed by atoms with E-state index in [2.05, 4.69) is 95.8 Å². The van der Waals surface area contributed by atoms with Crippen LogP contribution in [0.4, 0.5) is 5.69 Å². The minimum Gasteiger partial charge on any atom is -0.238 e. The molecule has 238 valence electrons. The first-order chi connectivity index (χ1) is 25.2. The second kappa shape index (κ2) is 12.9. The van der Waals surface area contributed by atoms with Crippen molar-refractivity contribution in [3.8, 4) is 67.5 Å². The molecule has 2 heterocycles. The molecular formula is C46H28N4S. The molecule has 0 aliphatic heterocycles. The Balaban J connectivity index is 1.15. The van der Waals surface area contributed by atoms with Crippen LogP contribution in [0.15, 0.2) is 170 Å². The van der Waals surface area contributed by atoms with E-state index in [1.807, 2.05) is 78.9 Å². The monoisotopic (exact) mass is 668 g/mol. The molecule has 0 atom stereocenters. The topological polar surface area (TPSA) is 43.0 Å². The standard InChI is InChI=1S/C46H28N4S/c1-47-40-20-9-8-18-37(40)34-16-10-17-35(28-34)45-48-44(33-14-6-3-7-15-33)49-46(50-45)36-26-27-39-42(29-36)51-41-21-11-19-38(43(39)41)32-24-22-31(23-25-32)30-12-4-2-5-13-30/h2-29H. The van der Waals surface area contributed by atoms with Gasteiger partial charge in [-0.05, 0) is 51.6 Å². The van der Waals surface area contributed by atoms with E-state index in [0.717, 1.165) is 27.8 Å². The molecule has 0 fully saturated rings. The van der Waals surface area contributed by atoms with Gasteiger partial charge < -0.3 is 0 Å². The van der Waals surface area contributed by atoms with E-state index in [4.69, 9.17) is 21.5 Å². The first kappa shape index (κ1) is 30.3. The van der Waals surface area contributed by atoms with Crippen LogP contribution in [0, 0.1) is 6.57 Å². The summed E-state index contributed by atoms with van der Waals surface area (Å²) in [7, 11) is 0. The molecule has 0 saturated carbocycles. The maximum atomic E-state index is 7.68. The smallest absolute Gasteiger partial charge is 0.194 e. The zero-order valence-corrected chi connectivity index (χ0v) is 28.2. The van der Waals surface area contributed by atoms with Crippen LogP contribution in [0.2, 0.25) is 0 Å². The summed E-state index contributed by atoms with van der Waals surface area (Å²) in [6, 6.07) is 58.2. The third-order valence-electron chi connectivity index (χ3n) is 9.18. The van der Waals surface area contributed by atoms with E-state index >= 15 is 0 Å². The Kier molecular flexibility index (Phi) is 7.70. The van der Waals surface area contributed by atoms with Crippen LogP contribution in [0.25, 0.3) is 92.6 Å². The van der Waals surface area contributed by atoms with Crippen molar-refractivity contribution in [2.75, 3.05) is 0 Å². The van der Waals surface area contributed by atoms with Crippen LogP contribution >= 0.6 is 11.3 Å². The van der Waals surface area contributed by atoms with Gasteiger partial charge in [-0.2, -0.15) is 0 Å². The second-order valence-electron chi connectivity index (χ2n) is 12.3. The number of hydrogen-bond donors (Lipinski definition) is 0. The van der Waals surface area contributed by atoms with Crippen molar-refractivity contribution in [1.29, 1.82) is 0 Å². The molecular weight excluding hydrogens is 641 g/mol. The summed E-state index contributed by atoms with van der Waals surface area (Å²) in [5, 5.41) is 2.47. The summed E-state index contributed by atoms with van der Waals surface area (Å²) in [6.07, 6.45) is 0. The number of benzene rings is 7. The predicted octanol–water partition coefficient (Wildman–Crippen LogP) is 12.8. The number of thiophene rings is 1. The highest BCUT2D eigenvalue weighted by Crippen LogP contribution is 2.42. The van der Waals surface area contributed by atoms with Crippen molar-refractivity contribution >= 4 is 37.2 Å². The fourth-order valence-corrected chi connectivity index (χ4v) is 7.84. The lowest BCUT2D eigenvalue weighted by atomic mass is 9.97. The number of nitrogens with zero attached hydrogens (tertiary/aromatic N) is 4. The Morgan fingerprint density at radius 1 is 0.392 bits per heavy atom. The van der Waals surface area contributed by atoms with Crippen LogP contribution in [0.3, 0.4) is 0 Å². The van der Waals surface area contributed by atoms with Crippen molar-refractivity contribution in [2.45, 2.75) is 0 Å². The third-order valence-corrected chi connectivity index (χ3v) is 10.3. The van der Waals surface area contributed by atoms with Gasteiger partial charge in [0.25, 0.3) is 0 Å².